The first-order valence-corrected chi connectivity index (χ1v) is 9.12. The van der Waals surface area contributed by atoms with E-state index in [9.17, 15) is 9.90 Å². The van der Waals surface area contributed by atoms with E-state index in [-0.39, 0.29) is 11.3 Å². The summed E-state index contributed by atoms with van der Waals surface area (Å²) < 4.78 is 7.60. The van der Waals surface area contributed by atoms with Gasteiger partial charge in [0, 0.05) is 16.0 Å². The average molecular weight is 434 g/mol. The van der Waals surface area contributed by atoms with Gasteiger partial charge in [0.1, 0.15) is 5.82 Å². The first-order chi connectivity index (χ1) is 12.5. The van der Waals surface area contributed by atoms with Crippen LogP contribution in [-0.4, -0.2) is 21.8 Å². The lowest BCUT2D eigenvalue weighted by atomic mass is 10.1. The van der Waals surface area contributed by atoms with Crippen molar-refractivity contribution in [3.63, 3.8) is 0 Å². The van der Waals surface area contributed by atoms with Crippen LogP contribution in [-0.2, 0) is 6.54 Å². The molecule has 0 aliphatic carbocycles. The van der Waals surface area contributed by atoms with E-state index in [1.54, 1.807) is 34.9 Å². The number of benzene rings is 2. The number of phenolic OH excluding ortho intramolecular Hbond substituents is 1. The third-order valence-corrected chi connectivity index (χ3v) is 5.36. The second-order valence-electron chi connectivity index (χ2n) is 6.02. The van der Waals surface area contributed by atoms with Crippen LogP contribution >= 0.6 is 27.5 Å². The Morgan fingerprint density at radius 1 is 1.35 bits per heavy atom. The standard InChI is InChI=1S/C19H14BrClN2O3/c1-26-17-7-11(14(20)9-16(17)24)6-10-4-5-23-18(10)22-15-8-12(21)2-3-13(15)19(23)25/h2-3,6-9,24H,4-5H2,1H3. The highest BCUT2D eigenvalue weighted by atomic mass is 79.9. The molecule has 0 unspecified atom stereocenters. The Bertz CT molecular complexity index is 1140. The molecular formula is C19H14BrClN2O3. The number of phenols is 1. The maximum Gasteiger partial charge on any atom is 0.261 e. The Balaban J connectivity index is 1.89. The maximum atomic E-state index is 12.7. The number of aromatic nitrogens is 2. The SMILES string of the molecule is COc1cc(C=C2CCn3c2nc2cc(Cl)ccc2c3=O)c(Br)cc1O. The summed E-state index contributed by atoms with van der Waals surface area (Å²) in [5, 5.41) is 11.0. The molecule has 132 valence electrons. The Hall–Kier alpha value is -2.31. The van der Waals surface area contributed by atoms with Crippen molar-refractivity contribution in [3.05, 3.63) is 61.6 Å². The number of allylic oxidation sites excluding steroid dienone is 1. The highest BCUT2D eigenvalue weighted by Gasteiger charge is 2.21. The van der Waals surface area contributed by atoms with Crippen molar-refractivity contribution in [3.8, 4) is 11.5 Å². The molecule has 0 saturated carbocycles. The molecule has 26 heavy (non-hydrogen) atoms. The number of nitrogens with zero attached hydrogens (tertiary/aromatic N) is 2. The fourth-order valence-corrected chi connectivity index (χ4v) is 3.76. The van der Waals surface area contributed by atoms with Gasteiger partial charge in [-0.3, -0.25) is 9.36 Å². The summed E-state index contributed by atoms with van der Waals surface area (Å²) in [7, 11) is 1.50. The van der Waals surface area contributed by atoms with E-state index in [2.05, 4.69) is 20.9 Å². The third kappa shape index (κ3) is 2.79. The topological polar surface area (TPSA) is 64.4 Å². The Kier molecular flexibility index (Phi) is 4.25. The van der Waals surface area contributed by atoms with Gasteiger partial charge < -0.3 is 9.84 Å². The molecule has 0 radical (unpaired) electrons. The molecule has 2 aromatic carbocycles. The van der Waals surface area contributed by atoms with Crippen molar-refractivity contribution in [2.45, 2.75) is 13.0 Å². The molecule has 0 amide bonds. The van der Waals surface area contributed by atoms with Crippen LogP contribution < -0.4 is 10.3 Å². The summed E-state index contributed by atoms with van der Waals surface area (Å²) in [6.45, 7) is 0.582. The zero-order chi connectivity index (χ0) is 18.4. The zero-order valence-corrected chi connectivity index (χ0v) is 16.1. The zero-order valence-electron chi connectivity index (χ0n) is 13.8. The quantitative estimate of drug-likeness (QED) is 0.647. The second kappa shape index (κ2) is 6.45. The van der Waals surface area contributed by atoms with E-state index in [0.717, 1.165) is 15.6 Å². The summed E-state index contributed by atoms with van der Waals surface area (Å²) in [6, 6.07) is 8.44. The predicted molar refractivity (Wildman–Crippen MR) is 106 cm³/mol. The van der Waals surface area contributed by atoms with E-state index in [4.69, 9.17) is 16.3 Å². The summed E-state index contributed by atoms with van der Waals surface area (Å²) in [4.78, 5) is 17.4. The molecule has 5 nitrogen and oxygen atoms in total. The Morgan fingerprint density at radius 3 is 2.92 bits per heavy atom. The molecule has 0 spiro atoms. The summed E-state index contributed by atoms with van der Waals surface area (Å²) in [6.07, 6.45) is 2.65. The minimum Gasteiger partial charge on any atom is -0.504 e. The number of methoxy groups -OCH3 is 1. The van der Waals surface area contributed by atoms with Crippen LogP contribution in [0, 0.1) is 0 Å². The van der Waals surface area contributed by atoms with Gasteiger partial charge in [-0.1, -0.05) is 27.5 Å². The van der Waals surface area contributed by atoms with E-state index < -0.39 is 0 Å². The molecule has 3 aromatic rings. The van der Waals surface area contributed by atoms with E-state index >= 15 is 0 Å². The molecule has 1 aliphatic rings. The number of hydrogen-bond acceptors (Lipinski definition) is 4. The first kappa shape index (κ1) is 17.1. The van der Waals surface area contributed by atoms with Crippen LogP contribution in [0.15, 0.2) is 39.6 Å². The van der Waals surface area contributed by atoms with E-state index in [0.29, 0.717) is 40.5 Å². The normalized spacial score (nSPS) is 14.8. The Morgan fingerprint density at radius 2 is 2.15 bits per heavy atom. The maximum absolute atomic E-state index is 12.7. The van der Waals surface area contributed by atoms with Crippen molar-refractivity contribution in [1.82, 2.24) is 9.55 Å². The predicted octanol–water partition coefficient (Wildman–Crippen LogP) is 4.47. The van der Waals surface area contributed by atoms with Crippen molar-refractivity contribution in [2.24, 2.45) is 0 Å². The van der Waals surface area contributed by atoms with Gasteiger partial charge >= 0.3 is 0 Å². The van der Waals surface area contributed by atoms with Gasteiger partial charge in [-0.05, 0) is 54.0 Å². The van der Waals surface area contributed by atoms with Gasteiger partial charge in [0.05, 0.1) is 18.0 Å². The molecule has 7 heteroatoms. The molecule has 1 aromatic heterocycles. The fraction of sp³-hybridized carbons (Fsp3) is 0.158. The van der Waals surface area contributed by atoms with Crippen molar-refractivity contribution < 1.29 is 9.84 Å². The molecule has 1 aliphatic heterocycles. The van der Waals surface area contributed by atoms with Gasteiger partial charge in [-0.25, -0.2) is 4.98 Å². The molecular weight excluding hydrogens is 420 g/mol. The van der Waals surface area contributed by atoms with Crippen molar-refractivity contribution in [1.29, 1.82) is 0 Å². The van der Waals surface area contributed by atoms with E-state index in [1.807, 2.05) is 6.08 Å². The second-order valence-corrected chi connectivity index (χ2v) is 7.31. The number of halogens is 2. The lowest BCUT2D eigenvalue weighted by molar-refractivity contribution is 0.373. The van der Waals surface area contributed by atoms with Gasteiger partial charge in [-0.2, -0.15) is 0 Å². The Labute approximate surface area is 162 Å². The van der Waals surface area contributed by atoms with Gasteiger partial charge in [0.2, 0.25) is 0 Å². The van der Waals surface area contributed by atoms with E-state index in [1.165, 1.54) is 7.11 Å². The summed E-state index contributed by atoms with van der Waals surface area (Å²) in [5.74, 6) is 1.08. The lowest BCUT2D eigenvalue weighted by Gasteiger charge is -2.08. The largest absolute Gasteiger partial charge is 0.504 e. The third-order valence-electron chi connectivity index (χ3n) is 4.44. The van der Waals surface area contributed by atoms with Crippen LogP contribution in [0.25, 0.3) is 22.6 Å². The summed E-state index contributed by atoms with van der Waals surface area (Å²) >= 11 is 9.50. The van der Waals surface area contributed by atoms with Crippen molar-refractivity contribution in [2.75, 3.05) is 7.11 Å². The monoisotopic (exact) mass is 432 g/mol. The molecule has 0 atom stereocenters. The number of fused-ring (bicyclic) bond motifs is 2. The van der Waals surface area contributed by atoms with Crippen LogP contribution in [0.5, 0.6) is 11.5 Å². The number of ether oxygens (including phenoxy) is 1. The number of aromatic hydroxyl groups is 1. The minimum atomic E-state index is -0.0626. The highest BCUT2D eigenvalue weighted by molar-refractivity contribution is 9.10. The molecule has 0 bridgehead atoms. The smallest absolute Gasteiger partial charge is 0.261 e. The van der Waals surface area contributed by atoms with Crippen molar-refractivity contribution >= 4 is 50.1 Å². The van der Waals surface area contributed by atoms with Crippen LogP contribution in [0.4, 0.5) is 0 Å². The fourth-order valence-electron chi connectivity index (χ4n) is 3.15. The molecule has 1 N–H and O–H groups in total. The summed E-state index contributed by atoms with van der Waals surface area (Å²) in [5.41, 5.74) is 2.30. The van der Waals surface area contributed by atoms with Crippen LogP contribution in [0.1, 0.15) is 17.8 Å². The van der Waals surface area contributed by atoms with Crippen LogP contribution in [0.3, 0.4) is 0 Å². The molecule has 4 rings (SSSR count). The van der Waals surface area contributed by atoms with Gasteiger partial charge in [-0.15, -0.1) is 0 Å². The molecule has 0 fully saturated rings. The molecule has 2 heterocycles. The lowest BCUT2D eigenvalue weighted by Crippen LogP contribution is -2.20. The number of hydrogen-bond donors (Lipinski definition) is 1. The minimum absolute atomic E-state index is 0.0586. The van der Waals surface area contributed by atoms with Gasteiger partial charge in [0.15, 0.2) is 11.5 Å². The van der Waals surface area contributed by atoms with Gasteiger partial charge in [0.25, 0.3) is 5.56 Å². The van der Waals surface area contributed by atoms with Crippen LogP contribution in [0.2, 0.25) is 5.02 Å². The number of rotatable bonds is 2. The molecule has 0 saturated heterocycles. The highest BCUT2D eigenvalue weighted by Crippen LogP contribution is 2.36. The average Bonchev–Trinajstić information content (AvgIpc) is 3.00. The first-order valence-electron chi connectivity index (χ1n) is 7.95.